The van der Waals surface area contributed by atoms with Gasteiger partial charge in [0.15, 0.2) is 0 Å². The molecule has 0 bridgehead atoms. The summed E-state index contributed by atoms with van der Waals surface area (Å²) < 4.78 is 0. The summed E-state index contributed by atoms with van der Waals surface area (Å²) in [7, 11) is 0. The highest BCUT2D eigenvalue weighted by atomic mass is 16.1. The van der Waals surface area contributed by atoms with E-state index < -0.39 is 0 Å². The fourth-order valence-corrected chi connectivity index (χ4v) is 3.28. The van der Waals surface area contributed by atoms with Crippen LogP contribution in [0.5, 0.6) is 0 Å². The number of hydrogen-bond donors (Lipinski definition) is 1. The fourth-order valence-electron chi connectivity index (χ4n) is 3.28. The van der Waals surface area contributed by atoms with Gasteiger partial charge >= 0.3 is 0 Å². The van der Waals surface area contributed by atoms with Crippen molar-refractivity contribution in [3.05, 3.63) is 95.6 Å². The Morgan fingerprint density at radius 1 is 0.821 bits per heavy atom. The van der Waals surface area contributed by atoms with Crippen molar-refractivity contribution in [1.82, 2.24) is 5.32 Å². The van der Waals surface area contributed by atoms with E-state index in [2.05, 4.69) is 74.6 Å². The van der Waals surface area contributed by atoms with Crippen molar-refractivity contribution in [2.45, 2.75) is 45.6 Å². The smallest absolute Gasteiger partial charge is 0.224 e. The van der Waals surface area contributed by atoms with Crippen molar-refractivity contribution in [3.63, 3.8) is 0 Å². The Morgan fingerprint density at radius 3 is 1.96 bits per heavy atom. The molecule has 2 nitrogen and oxygen atoms in total. The molecule has 0 aromatic heterocycles. The van der Waals surface area contributed by atoms with Gasteiger partial charge in [0.25, 0.3) is 0 Å². The van der Waals surface area contributed by atoms with Gasteiger partial charge < -0.3 is 5.32 Å². The van der Waals surface area contributed by atoms with E-state index in [1.54, 1.807) is 0 Å². The molecule has 0 heterocycles. The number of amides is 1. The zero-order valence-corrected chi connectivity index (χ0v) is 17.2. The van der Waals surface area contributed by atoms with Gasteiger partial charge in [-0.3, -0.25) is 4.79 Å². The average Bonchev–Trinajstić information content (AvgIpc) is 2.68. The van der Waals surface area contributed by atoms with Crippen LogP contribution in [0.2, 0.25) is 0 Å². The van der Waals surface area contributed by atoms with Crippen molar-refractivity contribution in [3.8, 4) is 11.1 Å². The number of hydrogen-bond acceptors (Lipinski definition) is 1. The molecule has 3 aromatic carbocycles. The van der Waals surface area contributed by atoms with E-state index in [-0.39, 0.29) is 17.4 Å². The lowest BCUT2D eigenvalue weighted by Gasteiger charge is -2.20. The van der Waals surface area contributed by atoms with Crippen LogP contribution >= 0.6 is 0 Å². The first-order valence-corrected chi connectivity index (χ1v) is 9.87. The van der Waals surface area contributed by atoms with Crippen molar-refractivity contribution < 1.29 is 4.79 Å². The predicted molar refractivity (Wildman–Crippen MR) is 117 cm³/mol. The maximum Gasteiger partial charge on any atom is 0.224 e. The Labute approximate surface area is 168 Å². The van der Waals surface area contributed by atoms with Gasteiger partial charge in [0.2, 0.25) is 5.91 Å². The number of carbonyl (C=O) groups is 1. The first kappa shape index (κ1) is 19.9. The van der Waals surface area contributed by atoms with Crippen LogP contribution in [0.1, 0.15) is 50.4 Å². The van der Waals surface area contributed by atoms with Crippen molar-refractivity contribution in [2.24, 2.45) is 0 Å². The Balaban J connectivity index is 1.59. The topological polar surface area (TPSA) is 29.1 Å². The Kier molecular flexibility index (Phi) is 5.99. The molecule has 3 aromatic rings. The van der Waals surface area contributed by atoms with Crippen LogP contribution in [0.15, 0.2) is 78.9 Å². The third-order valence-electron chi connectivity index (χ3n) is 5.08. The van der Waals surface area contributed by atoms with Gasteiger partial charge in [0.1, 0.15) is 0 Å². The molecular weight excluding hydrogens is 342 g/mol. The minimum atomic E-state index is -0.00916. The zero-order valence-electron chi connectivity index (χ0n) is 17.2. The van der Waals surface area contributed by atoms with Gasteiger partial charge in [-0.15, -0.1) is 0 Å². The first-order valence-electron chi connectivity index (χ1n) is 9.87. The molecule has 2 heteroatoms. The second-order valence-corrected chi connectivity index (χ2v) is 8.40. The molecule has 0 aliphatic carbocycles. The van der Waals surface area contributed by atoms with Crippen LogP contribution in [0.25, 0.3) is 11.1 Å². The van der Waals surface area contributed by atoms with E-state index in [4.69, 9.17) is 0 Å². The van der Waals surface area contributed by atoms with E-state index in [1.165, 1.54) is 11.1 Å². The summed E-state index contributed by atoms with van der Waals surface area (Å²) in [6.07, 6.45) is 0.388. The summed E-state index contributed by atoms with van der Waals surface area (Å²) in [5, 5.41) is 3.11. The molecule has 0 saturated carbocycles. The monoisotopic (exact) mass is 371 g/mol. The fraction of sp³-hybridized carbons (Fsp3) is 0.269. The Bertz CT molecular complexity index is 903. The highest BCUT2D eigenvalue weighted by molar-refractivity contribution is 5.79. The van der Waals surface area contributed by atoms with E-state index in [9.17, 15) is 4.79 Å². The molecule has 28 heavy (non-hydrogen) atoms. The van der Waals surface area contributed by atoms with Crippen LogP contribution in [-0.4, -0.2) is 5.91 Å². The van der Waals surface area contributed by atoms with Gasteiger partial charge in [-0.2, -0.15) is 0 Å². The molecule has 0 aliphatic heterocycles. The summed E-state index contributed by atoms with van der Waals surface area (Å²) in [6, 6.07) is 27.0. The minimum absolute atomic E-state index is 0.00916. The number of carbonyl (C=O) groups excluding carboxylic acids is 1. The first-order chi connectivity index (χ1) is 13.3. The maximum absolute atomic E-state index is 12.5. The minimum Gasteiger partial charge on any atom is -0.349 e. The van der Waals surface area contributed by atoms with Gasteiger partial charge in [0, 0.05) is 0 Å². The van der Waals surface area contributed by atoms with Gasteiger partial charge in [-0.1, -0.05) is 99.6 Å². The highest BCUT2D eigenvalue weighted by Crippen LogP contribution is 2.24. The summed E-state index contributed by atoms with van der Waals surface area (Å²) in [4.78, 5) is 12.5. The summed E-state index contributed by atoms with van der Waals surface area (Å²) in [5.41, 5.74) is 5.93. The standard InChI is InChI=1S/C26H29NO/c1-19(21-14-16-24(17-15-21)26(2,3)4)27-25(28)18-20-10-12-23(13-11-20)22-8-6-5-7-9-22/h5-17,19H,18H2,1-4H3,(H,27,28)/t19-/m1/s1. The molecule has 1 amide bonds. The SMILES string of the molecule is C[C@@H](NC(=O)Cc1ccc(-c2ccccc2)cc1)c1ccc(C(C)(C)C)cc1. The predicted octanol–water partition coefficient (Wildman–Crippen LogP) is 6.07. The van der Waals surface area contributed by atoms with Crippen LogP contribution in [0, 0.1) is 0 Å². The molecule has 3 rings (SSSR count). The molecular formula is C26H29NO. The normalized spacial score (nSPS) is 12.4. The molecule has 0 fully saturated rings. The molecule has 0 unspecified atom stereocenters. The molecule has 1 atom stereocenters. The van der Waals surface area contributed by atoms with E-state index >= 15 is 0 Å². The van der Waals surface area contributed by atoms with Gasteiger partial charge in [-0.05, 0) is 40.2 Å². The molecule has 0 spiro atoms. The molecule has 0 radical (unpaired) electrons. The van der Waals surface area contributed by atoms with Crippen LogP contribution < -0.4 is 5.32 Å². The average molecular weight is 372 g/mol. The van der Waals surface area contributed by atoms with Gasteiger partial charge in [0.05, 0.1) is 12.5 Å². The van der Waals surface area contributed by atoms with Crippen LogP contribution in [-0.2, 0) is 16.6 Å². The second kappa shape index (κ2) is 8.43. The quantitative estimate of drug-likeness (QED) is 0.579. The third-order valence-corrected chi connectivity index (χ3v) is 5.08. The molecule has 0 aliphatic rings. The van der Waals surface area contributed by atoms with Crippen molar-refractivity contribution in [1.29, 1.82) is 0 Å². The van der Waals surface area contributed by atoms with Crippen molar-refractivity contribution in [2.75, 3.05) is 0 Å². The van der Waals surface area contributed by atoms with E-state index in [0.717, 1.165) is 16.7 Å². The number of benzene rings is 3. The van der Waals surface area contributed by atoms with Crippen molar-refractivity contribution >= 4 is 5.91 Å². The zero-order chi connectivity index (χ0) is 20.1. The third kappa shape index (κ3) is 5.10. The Hall–Kier alpha value is -2.87. The lowest BCUT2D eigenvalue weighted by Crippen LogP contribution is -2.28. The maximum atomic E-state index is 12.5. The Morgan fingerprint density at radius 2 is 1.39 bits per heavy atom. The second-order valence-electron chi connectivity index (χ2n) is 8.40. The molecule has 0 saturated heterocycles. The lowest BCUT2D eigenvalue weighted by atomic mass is 9.86. The van der Waals surface area contributed by atoms with E-state index in [0.29, 0.717) is 6.42 Å². The summed E-state index contributed by atoms with van der Waals surface area (Å²) >= 11 is 0. The van der Waals surface area contributed by atoms with Crippen LogP contribution in [0.3, 0.4) is 0 Å². The molecule has 144 valence electrons. The highest BCUT2D eigenvalue weighted by Gasteiger charge is 2.15. The largest absolute Gasteiger partial charge is 0.349 e. The summed E-state index contributed by atoms with van der Waals surface area (Å²) in [6.45, 7) is 8.64. The van der Waals surface area contributed by atoms with E-state index in [1.807, 2.05) is 37.3 Å². The van der Waals surface area contributed by atoms with Gasteiger partial charge in [-0.25, -0.2) is 0 Å². The number of nitrogens with one attached hydrogen (secondary N) is 1. The number of rotatable bonds is 5. The van der Waals surface area contributed by atoms with Crippen LogP contribution in [0.4, 0.5) is 0 Å². The lowest BCUT2D eigenvalue weighted by molar-refractivity contribution is -0.121. The molecule has 1 N–H and O–H groups in total. The summed E-state index contributed by atoms with van der Waals surface area (Å²) in [5.74, 6) is 0.0415.